The molecule has 0 unspecified atom stereocenters. The molecular weight excluding hydrogens is 352 g/mol. The first-order chi connectivity index (χ1) is 13.0. The van der Waals surface area contributed by atoms with Gasteiger partial charge in [0, 0.05) is 5.92 Å². The van der Waals surface area contributed by atoms with E-state index in [-0.39, 0.29) is 30.1 Å². The van der Waals surface area contributed by atoms with Gasteiger partial charge in [-0.25, -0.2) is 0 Å². The van der Waals surface area contributed by atoms with Gasteiger partial charge >= 0.3 is 0 Å². The predicted octanol–water partition coefficient (Wildman–Crippen LogP) is 2.31. The van der Waals surface area contributed by atoms with Crippen LogP contribution >= 0.6 is 0 Å². The highest BCUT2D eigenvalue weighted by Gasteiger charge is 2.59. The molecule has 7 heteroatoms. The summed E-state index contributed by atoms with van der Waals surface area (Å²) in [6.07, 6.45) is -0.977. The predicted molar refractivity (Wildman–Crippen MR) is 95.1 cm³/mol. The molecule has 27 heavy (non-hydrogen) atoms. The van der Waals surface area contributed by atoms with Crippen LogP contribution in [0.3, 0.4) is 0 Å². The number of methoxy groups -OCH3 is 2. The molecule has 0 amide bonds. The molecule has 2 fully saturated rings. The molecule has 2 saturated heterocycles. The van der Waals surface area contributed by atoms with Crippen LogP contribution in [-0.2, 0) is 9.47 Å². The number of hydrogen-bond acceptors (Lipinski definition) is 7. The standard InChI is InChI=1S/C20H22O7/c1-24-16-7-11(3-5-14(16)21)18-13-9-26-19(20(13,23)10-27-18)12-4-6-15(22)17(8-12)25-2/h3-8,13,18-19,21-23H,9-10H2,1-2H3/t13-,18+,19+,20-/m1/s1. The molecule has 0 aliphatic carbocycles. The molecule has 0 radical (unpaired) electrons. The molecule has 2 aromatic rings. The van der Waals surface area contributed by atoms with E-state index in [0.717, 1.165) is 5.56 Å². The van der Waals surface area contributed by atoms with Crippen molar-refractivity contribution >= 4 is 0 Å². The number of fused-ring (bicyclic) bond motifs is 1. The van der Waals surface area contributed by atoms with Crippen molar-refractivity contribution in [2.45, 2.75) is 17.8 Å². The second-order valence-electron chi connectivity index (χ2n) is 6.91. The Bertz CT molecular complexity index is 852. The van der Waals surface area contributed by atoms with Gasteiger partial charge in [0.1, 0.15) is 11.7 Å². The van der Waals surface area contributed by atoms with Gasteiger partial charge in [0.25, 0.3) is 0 Å². The van der Waals surface area contributed by atoms with Crippen LogP contribution in [0.1, 0.15) is 23.3 Å². The Balaban J connectivity index is 1.64. The topological polar surface area (TPSA) is 97.6 Å². The van der Waals surface area contributed by atoms with Crippen LogP contribution in [0, 0.1) is 5.92 Å². The van der Waals surface area contributed by atoms with Gasteiger partial charge in [-0.2, -0.15) is 0 Å². The maximum Gasteiger partial charge on any atom is 0.160 e. The SMILES string of the molecule is COc1cc([C@@H]2OC[C@@]3(O)[C@@H]2CO[C@H]3c2ccc(O)c(OC)c2)ccc1O. The first-order valence-electron chi connectivity index (χ1n) is 8.67. The quantitative estimate of drug-likeness (QED) is 0.755. The number of hydrogen-bond donors (Lipinski definition) is 3. The summed E-state index contributed by atoms with van der Waals surface area (Å²) >= 11 is 0. The normalized spacial score (nSPS) is 29.5. The number of benzene rings is 2. The van der Waals surface area contributed by atoms with Crippen LogP contribution in [0.2, 0.25) is 0 Å². The largest absolute Gasteiger partial charge is 0.504 e. The van der Waals surface area contributed by atoms with Gasteiger partial charge in [-0.15, -0.1) is 0 Å². The molecule has 2 aliphatic heterocycles. The molecule has 0 saturated carbocycles. The Labute approximate surface area is 156 Å². The molecule has 0 spiro atoms. The number of ether oxygens (including phenoxy) is 4. The second kappa shape index (κ2) is 6.60. The molecule has 2 heterocycles. The molecule has 4 atom stereocenters. The maximum absolute atomic E-state index is 11.4. The Morgan fingerprint density at radius 2 is 1.52 bits per heavy atom. The molecule has 0 aromatic heterocycles. The van der Waals surface area contributed by atoms with Crippen molar-refractivity contribution in [3.05, 3.63) is 47.5 Å². The van der Waals surface area contributed by atoms with Crippen LogP contribution in [0.25, 0.3) is 0 Å². The van der Waals surface area contributed by atoms with Crippen LogP contribution in [-0.4, -0.2) is 48.4 Å². The van der Waals surface area contributed by atoms with Gasteiger partial charge in [-0.05, 0) is 35.4 Å². The molecule has 144 valence electrons. The summed E-state index contributed by atoms with van der Waals surface area (Å²) in [4.78, 5) is 0. The Kier molecular flexibility index (Phi) is 4.38. The minimum Gasteiger partial charge on any atom is -0.504 e. The van der Waals surface area contributed by atoms with E-state index >= 15 is 0 Å². The van der Waals surface area contributed by atoms with Crippen molar-refractivity contribution < 1.29 is 34.3 Å². The second-order valence-corrected chi connectivity index (χ2v) is 6.91. The lowest BCUT2D eigenvalue weighted by Crippen LogP contribution is -2.39. The lowest BCUT2D eigenvalue weighted by molar-refractivity contribution is -0.0628. The molecule has 2 aromatic carbocycles. The van der Waals surface area contributed by atoms with E-state index in [1.807, 2.05) is 0 Å². The van der Waals surface area contributed by atoms with Crippen molar-refractivity contribution in [3.8, 4) is 23.0 Å². The Hall–Kier alpha value is -2.48. The average Bonchev–Trinajstić information content (AvgIpc) is 3.17. The van der Waals surface area contributed by atoms with Crippen molar-refractivity contribution in [1.29, 1.82) is 0 Å². The Morgan fingerprint density at radius 1 is 0.926 bits per heavy atom. The third-order valence-corrected chi connectivity index (χ3v) is 5.44. The summed E-state index contributed by atoms with van der Waals surface area (Å²) in [5.74, 6) is 0.467. The van der Waals surface area contributed by atoms with E-state index < -0.39 is 11.7 Å². The number of aliphatic hydroxyl groups is 1. The Morgan fingerprint density at radius 3 is 2.15 bits per heavy atom. The number of phenols is 2. The van der Waals surface area contributed by atoms with Gasteiger partial charge < -0.3 is 34.3 Å². The fourth-order valence-corrected chi connectivity index (χ4v) is 4.00. The van der Waals surface area contributed by atoms with Crippen LogP contribution in [0.4, 0.5) is 0 Å². The summed E-state index contributed by atoms with van der Waals surface area (Å²) in [6.45, 7) is 0.428. The van der Waals surface area contributed by atoms with Gasteiger partial charge in [-0.3, -0.25) is 0 Å². The van der Waals surface area contributed by atoms with E-state index in [2.05, 4.69) is 0 Å². The van der Waals surface area contributed by atoms with Gasteiger partial charge in [0.2, 0.25) is 0 Å². The van der Waals surface area contributed by atoms with Crippen molar-refractivity contribution in [2.24, 2.45) is 5.92 Å². The fraction of sp³-hybridized carbons (Fsp3) is 0.400. The highest BCUT2D eigenvalue weighted by atomic mass is 16.6. The van der Waals surface area contributed by atoms with E-state index in [4.69, 9.17) is 18.9 Å². The van der Waals surface area contributed by atoms with E-state index in [9.17, 15) is 15.3 Å². The van der Waals surface area contributed by atoms with Crippen molar-refractivity contribution in [3.63, 3.8) is 0 Å². The average molecular weight is 374 g/mol. The molecule has 2 aliphatic rings. The van der Waals surface area contributed by atoms with Crippen LogP contribution in [0.15, 0.2) is 36.4 Å². The van der Waals surface area contributed by atoms with Gasteiger partial charge in [0.05, 0.1) is 33.5 Å². The van der Waals surface area contributed by atoms with Crippen LogP contribution in [0.5, 0.6) is 23.0 Å². The summed E-state index contributed by atoms with van der Waals surface area (Å²) in [5, 5.41) is 31.0. The lowest BCUT2D eigenvalue weighted by Gasteiger charge is -2.27. The first kappa shape index (κ1) is 17.9. The molecule has 0 bridgehead atoms. The van der Waals surface area contributed by atoms with E-state index in [0.29, 0.717) is 23.7 Å². The summed E-state index contributed by atoms with van der Waals surface area (Å²) in [5.41, 5.74) is 0.304. The summed E-state index contributed by atoms with van der Waals surface area (Å²) in [6, 6.07) is 9.91. The molecular formula is C20H22O7. The fourth-order valence-electron chi connectivity index (χ4n) is 4.00. The zero-order chi connectivity index (χ0) is 19.2. The summed E-state index contributed by atoms with van der Waals surface area (Å²) in [7, 11) is 2.95. The van der Waals surface area contributed by atoms with Crippen LogP contribution < -0.4 is 9.47 Å². The van der Waals surface area contributed by atoms with E-state index in [1.165, 1.54) is 20.3 Å². The highest BCUT2D eigenvalue weighted by molar-refractivity contribution is 5.45. The highest BCUT2D eigenvalue weighted by Crippen LogP contribution is 2.54. The zero-order valence-corrected chi connectivity index (χ0v) is 15.1. The lowest BCUT2D eigenvalue weighted by atomic mass is 9.81. The number of phenolic OH excluding ortho intramolecular Hbond substituents is 2. The summed E-state index contributed by atoms with van der Waals surface area (Å²) < 4.78 is 22.2. The third-order valence-electron chi connectivity index (χ3n) is 5.44. The number of rotatable bonds is 4. The minimum atomic E-state index is -1.21. The van der Waals surface area contributed by atoms with Gasteiger partial charge in [-0.1, -0.05) is 12.1 Å². The molecule has 4 rings (SSSR count). The first-order valence-corrected chi connectivity index (χ1v) is 8.67. The molecule has 3 N–H and O–H groups in total. The maximum atomic E-state index is 11.4. The number of aromatic hydroxyl groups is 2. The minimum absolute atomic E-state index is 0.0273. The zero-order valence-electron chi connectivity index (χ0n) is 15.1. The van der Waals surface area contributed by atoms with E-state index in [1.54, 1.807) is 30.3 Å². The third kappa shape index (κ3) is 2.79. The monoisotopic (exact) mass is 374 g/mol. The van der Waals surface area contributed by atoms with Gasteiger partial charge in [0.15, 0.2) is 23.0 Å². The van der Waals surface area contributed by atoms with Crippen molar-refractivity contribution in [1.82, 2.24) is 0 Å². The van der Waals surface area contributed by atoms with Crippen molar-refractivity contribution in [2.75, 3.05) is 27.4 Å². The molecule has 7 nitrogen and oxygen atoms in total. The smallest absolute Gasteiger partial charge is 0.160 e.